The summed E-state index contributed by atoms with van der Waals surface area (Å²) in [6, 6.07) is 13.4. The van der Waals surface area contributed by atoms with Gasteiger partial charge in [0.1, 0.15) is 17.0 Å². The third kappa shape index (κ3) is 3.83. The van der Waals surface area contributed by atoms with Gasteiger partial charge in [0.25, 0.3) is 5.91 Å². The summed E-state index contributed by atoms with van der Waals surface area (Å²) >= 11 is 1.55. The summed E-state index contributed by atoms with van der Waals surface area (Å²) in [5.41, 5.74) is 3.93. The Bertz CT molecular complexity index is 1220. The molecule has 5 rings (SSSR count). The van der Waals surface area contributed by atoms with Crippen molar-refractivity contribution in [3.05, 3.63) is 65.4 Å². The van der Waals surface area contributed by atoms with Crippen molar-refractivity contribution < 1.29 is 18.7 Å². The first-order valence-electron chi connectivity index (χ1n) is 10.4. The molecule has 0 radical (unpaired) electrons. The van der Waals surface area contributed by atoms with E-state index in [1.807, 2.05) is 59.3 Å². The van der Waals surface area contributed by atoms with Gasteiger partial charge in [0.15, 0.2) is 0 Å². The molecule has 4 aromatic rings. The summed E-state index contributed by atoms with van der Waals surface area (Å²) < 4.78 is 18.4. The predicted molar refractivity (Wildman–Crippen MR) is 122 cm³/mol. The Kier molecular flexibility index (Phi) is 5.55. The van der Waals surface area contributed by atoms with Crippen molar-refractivity contribution in [2.75, 3.05) is 13.7 Å². The summed E-state index contributed by atoms with van der Waals surface area (Å²) in [4.78, 5) is 17.9. The van der Waals surface area contributed by atoms with Gasteiger partial charge in [-0.15, -0.1) is 11.3 Å². The van der Waals surface area contributed by atoms with Crippen molar-refractivity contribution in [1.82, 2.24) is 14.9 Å². The predicted octanol–water partition coefficient (Wildman–Crippen LogP) is 5.04. The molecule has 3 aromatic heterocycles. The van der Waals surface area contributed by atoms with Crippen molar-refractivity contribution in [2.45, 2.75) is 26.0 Å². The van der Waals surface area contributed by atoms with Crippen LogP contribution in [0.4, 0.5) is 0 Å². The van der Waals surface area contributed by atoms with Crippen LogP contribution in [0.5, 0.6) is 5.75 Å². The maximum absolute atomic E-state index is 13.0. The molecular weight excluding hydrogens is 426 g/mol. The number of amides is 1. The number of hydrogen-bond donors (Lipinski definition) is 1. The van der Waals surface area contributed by atoms with Gasteiger partial charge in [-0.3, -0.25) is 9.36 Å². The number of carbonyl (C=O) groups is 1. The van der Waals surface area contributed by atoms with Crippen LogP contribution < -0.4 is 10.1 Å². The molecule has 1 fully saturated rings. The quantitative estimate of drug-likeness (QED) is 0.446. The van der Waals surface area contributed by atoms with Crippen LogP contribution in [0, 0.1) is 6.92 Å². The van der Waals surface area contributed by atoms with Gasteiger partial charge < -0.3 is 19.2 Å². The highest BCUT2D eigenvalue weighted by Gasteiger charge is 2.25. The Balaban J connectivity index is 1.53. The molecule has 1 aromatic carbocycles. The lowest BCUT2D eigenvalue weighted by Gasteiger charge is -2.12. The van der Waals surface area contributed by atoms with Crippen LogP contribution in [-0.2, 0) is 4.74 Å². The Labute approximate surface area is 189 Å². The highest BCUT2D eigenvalue weighted by Crippen LogP contribution is 2.34. The molecule has 1 aliphatic heterocycles. The van der Waals surface area contributed by atoms with Gasteiger partial charge in [0.2, 0.25) is 5.88 Å². The fourth-order valence-electron chi connectivity index (χ4n) is 3.88. The first-order chi connectivity index (χ1) is 15.6. The Morgan fingerprint density at radius 2 is 2.12 bits per heavy atom. The zero-order valence-corrected chi connectivity index (χ0v) is 18.6. The summed E-state index contributed by atoms with van der Waals surface area (Å²) in [5, 5.41) is 5.86. The van der Waals surface area contributed by atoms with E-state index in [2.05, 4.69) is 5.32 Å². The topological polar surface area (TPSA) is 78.5 Å². The molecule has 0 aliphatic carbocycles. The lowest BCUT2D eigenvalue weighted by Crippen LogP contribution is -2.34. The normalized spacial score (nSPS) is 15.8. The van der Waals surface area contributed by atoms with E-state index in [-0.39, 0.29) is 12.1 Å². The average Bonchev–Trinajstić information content (AvgIpc) is 3.60. The number of methoxy groups -OCH3 is 1. The standard InChI is InChI=1S/C24H23N3O4S/c1-15-18(23(28)26-21-5-3-11-30-21)13-20(27(15)22-6-4-12-31-22)19-14-32-24(25-19)16-7-9-17(29-2)10-8-16/h4,6-10,12-14,21H,3,5,11H2,1-2H3,(H,26,28). The Hall–Kier alpha value is -3.36. The maximum atomic E-state index is 13.0. The van der Waals surface area contributed by atoms with Gasteiger partial charge in [0, 0.05) is 29.3 Å². The highest BCUT2D eigenvalue weighted by molar-refractivity contribution is 7.13. The fraction of sp³-hybridized carbons (Fsp3) is 0.250. The SMILES string of the molecule is COc1ccc(-c2nc(-c3cc(C(=O)NC4CCCO4)c(C)n3-c3ccco3)cs2)cc1. The van der Waals surface area contributed by atoms with E-state index in [0.29, 0.717) is 18.1 Å². The largest absolute Gasteiger partial charge is 0.497 e. The van der Waals surface area contributed by atoms with E-state index in [4.69, 9.17) is 18.9 Å². The first kappa shape index (κ1) is 20.5. The molecule has 1 unspecified atom stereocenters. The molecule has 1 N–H and O–H groups in total. The summed E-state index contributed by atoms with van der Waals surface area (Å²) in [6.07, 6.45) is 3.16. The Morgan fingerprint density at radius 3 is 2.81 bits per heavy atom. The lowest BCUT2D eigenvalue weighted by atomic mass is 10.2. The van der Waals surface area contributed by atoms with Crippen molar-refractivity contribution >= 4 is 17.2 Å². The van der Waals surface area contributed by atoms with Crippen molar-refractivity contribution in [3.63, 3.8) is 0 Å². The zero-order valence-electron chi connectivity index (χ0n) is 17.8. The van der Waals surface area contributed by atoms with E-state index < -0.39 is 0 Å². The van der Waals surface area contributed by atoms with Gasteiger partial charge in [-0.1, -0.05) is 0 Å². The minimum absolute atomic E-state index is 0.161. The summed E-state index contributed by atoms with van der Waals surface area (Å²) in [7, 11) is 1.65. The second-order valence-corrected chi connectivity index (χ2v) is 8.41. The van der Waals surface area contributed by atoms with E-state index in [1.54, 1.807) is 24.7 Å². The molecule has 1 aliphatic rings. The van der Waals surface area contributed by atoms with Gasteiger partial charge in [-0.2, -0.15) is 0 Å². The molecule has 0 bridgehead atoms. The fourth-order valence-corrected chi connectivity index (χ4v) is 4.70. The molecule has 1 saturated heterocycles. The number of furan rings is 1. The smallest absolute Gasteiger partial charge is 0.255 e. The number of thiazole rings is 1. The van der Waals surface area contributed by atoms with Gasteiger partial charge >= 0.3 is 0 Å². The number of aromatic nitrogens is 2. The second kappa shape index (κ2) is 8.64. The van der Waals surface area contributed by atoms with Crippen LogP contribution in [-0.4, -0.2) is 35.4 Å². The Morgan fingerprint density at radius 1 is 1.28 bits per heavy atom. The number of carbonyl (C=O) groups excluding carboxylic acids is 1. The number of hydrogen-bond acceptors (Lipinski definition) is 6. The second-order valence-electron chi connectivity index (χ2n) is 7.56. The van der Waals surface area contributed by atoms with Crippen LogP contribution in [0.3, 0.4) is 0 Å². The van der Waals surface area contributed by atoms with Gasteiger partial charge in [-0.05, 0) is 56.2 Å². The van der Waals surface area contributed by atoms with Crippen LogP contribution in [0.25, 0.3) is 27.8 Å². The van der Waals surface area contributed by atoms with Crippen LogP contribution in [0.1, 0.15) is 28.9 Å². The summed E-state index contributed by atoms with van der Waals surface area (Å²) in [5.74, 6) is 1.27. The molecular formula is C24H23N3O4S. The van der Waals surface area contributed by atoms with Crippen LogP contribution in [0.2, 0.25) is 0 Å². The number of rotatable bonds is 6. The van der Waals surface area contributed by atoms with Crippen molar-refractivity contribution in [2.24, 2.45) is 0 Å². The minimum atomic E-state index is -0.238. The van der Waals surface area contributed by atoms with Gasteiger partial charge in [-0.25, -0.2) is 4.98 Å². The molecule has 0 saturated carbocycles. The minimum Gasteiger partial charge on any atom is -0.497 e. The molecule has 4 heterocycles. The van der Waals surface area contributed by atoms with Crippen LogP contribution in [0.15, 0.2) is 58.5 Å². The summed E-state index contributed by atoms with van der Waals surface area (Å²) in [6.45, 7) is 2.59. The van der Waals surface area contributed by atoms with E-state index in [1.165, 1.54) is 0 Å². The number of nitrogens with zero attached hydrogens (tertiary/aromatic N) is 2. The van der Waals surface area contributed by atoms with E-state index >= 15 is 0 Å². The van der Waals surface area contributed by atoms with Gasteiger partial charge in [0.05, 0.1) is 30.3 Å². The molecule has 1 atom stereocenters. The lowest BCUT2D eigenvalue weighted by molar-refractivity contribution is 0.0639. The molecule has 32 heavy (non-hydrogen) atoms. The van der Waals surface area contributed by atoms with Crippen molar-refractivity contribution in [3.8, 4) is 33.6 Å². The third-order valence-corrected chi connectivity index (χ3v) is 6.44. The zero-order chi connectivity index (χ0) is 22.1. The number of ether oxygens (including phenoxy) is 2. The first-order valence-corrected chi connectivity index (χ1v) is 11.3. The number of benzene rings is 1. The number of nitrogens with one attached hydrogen (secondary N) is 1. The third-order valence-electron chi connectivity index (χ3n) is 5.54. The molecule has 0 spiro atoms. The highest BCUT2D eigenvalue weighted by atomic mass is 32.1. The average molecular weight is 450 g/mol. The molecule has 8 heteroatoms. The van der Waals surface area contributed by atoms with E-state index in [9.17, 15) is 4.79 Å². The van der Waals surface area contributed by atoms with Crippen molar-refractivity contribution in [1.29, 1.82) is 0 Å². The molecule has 7 nitrogen and oxygen atoms in total. The molecule has 1 amide bonds. The monoisotopic (exact) mass is 449 g/mol. The molecule has 164 valence electrons. The maximum Gasteiger partial charge on any atom is 0.255 e. The van der Waals surface area contributed by atoms with E-state index in [0.717, 1.165) is 46.2 Å². The van der Waals surface area contributed by atoms with Crippen LogP contribution >= 0.6 is 11.3 Å².